The molecule has 1 heteroatoms. The van der Waals surface area contributed by atoms with E-state index in [4.69, 9.17) is 0 Å². The molecule has 0 aromatic heterocycles. The summed E-state index contributed by atoms with van der Waals surface area (Å²) in [6.45, 7) is 9.16. The number of hydrogen-bond acceptors (Lipinski definition) is 1. The molecule has 0 saturated carbocycles. The molecule has 93 valence electrons. The van der Waals surface area contributed by atoms with Crippen molar-refractivity contribution in [2.75, 3.05) is 0 Å². The molecule has 1 nitrogen and oxygen atoms in total. The van der Waals surface area contributed by atoms with Crippen molar-refractivity contribution in [3.8, 4) is 11.8 Å². The minimum atomic E-state index is 0.188. The zero-order valence-corrected chi connectivity index (χ0v) is 11.6. The fraction of sp³-hybridized carbons (Fsp3) is 0.471. The highest BCUT2D eigenvalue weighted by Crippen LogP contribution is 2.45. The first-order valence-electron chi connectivity index (χ1n) is 6.40. The van der Waals surface area contributed by atoms with Crippen LogP contribution in [0.4, 0.5) is 0 Å². The predicted octanol–water partition coefficient (Wildman–Crippen LogP) is 3.50. The SMILES string of the molecule is CC1(C)CCC(C)(C)c2cc(C#C[C]=O)ccc21. The molecule has 0 aliphatic heterocycles. The van der Waals surface area contributed by atoms with Gasteiger partial charge in [-0.25, -0.2) is 0 Å². The fourth-order valence-electron chi connectivity index (χ4n) is 2.76. The summed E-state index contributed by atoms with van der Waals surface area (Å²) in [5, 5.41) is 0. The molecule has 0 unspecified atom stereocenters. The first-order chi connectivity index (χ1) is 8.37. The number of fused-ring (bicyclic) bond motifs is 1. The minimum absolute atomic E-state index is 0.188. The normalized spacial score (nSPS) is 19.3. The summed E-state index contributed by atoms with van der Waals surface area (Å²) in [7, 11) is 0. The zero-order valence-electron chi connectivity index (χ0n) is 11.6. The van der Waals surface area contributed by atoms with Gasteiger partial charge in [-0.1, -0.05) is 39.7 Å². The molecule has 0 atom stereocenters. The van der Waals surface area contributed by atoms with Gasteiger partial charge >= 0.3 is 0 Å². The smallest absolute Gasteiger partial charge is 0.275 e. The number of benzene rings is 1. The van der Waals surface area contributed by atoms with Gasteiger partial charge in [-0.2, -0.15) is 0 Å². The van der Waals surface area contributed by atoms with E-state index >= 15 is 0 Å². The predicted molar refractivity (Wildman–Crippen MR) is 74.3 cm³/mol. The lowest BCUT2D eigenvalue weighted by Crippen LogP contribution is -2.33. The molecule has 0 N–H and O–H groups in total. The first kappa shape index (κ1) is 12.9. The molecule has 0 saturated heterocycles. The van der Waals surface area contributed by atoms with Gasteiger partial charge in [-0.3, -0.25) is 4.79 Å². The Morgan fingerprint density at radius 3 is 2.22 bits per heavy atom. The van der Waals surface area contributed by atoms with E-state index in [0.717, 1.165) is 5.56 Å². The molecule has 1 aromatic rings. The average Bonchev–Trinajstić information content (AvgIpc) is 2.32. The van der Waals surface area contributed by atoms with Gasteiger partial charge in [0.15, 0.2) is 0 Å². The van der Waals surface area contributed by atoms with Gasteiger partial charge in [-0.15, -0.1) is 0 Å². The molecule has 0 fully saturated rings. The summed E-state index contributed by atoms with van der Waals surface area (Å²) in [5.74, 6) is 5.20. The third-order valence-corrected chi connectivity index (χ3v) is 4.11. The Labute approximate surface area is 110 Å². The fourth-order valence-corrected chi connectivity index (χ4v) is 2.76. The van der Waals surface area contributed by atoms with Gasteiger partial charge in [0.05, 0.1) is 0 Å². The molecule has 1 aliphatic rings. The van der Waals surface area contributed by atoms with Gasteiger partial charge < -0.3 is 0 Å². The second-order valence-corrected chi connectivity index (χ2v) is 6.38. The Balaban J connectivity index is 2.58. The molecule has 0 amide bonds. The van der Waals surface area contributed by atoms with Crippen LogP contribution in [0.1, 0.15) is 57.2 Å². The van der Waals surface area contributed by atoms with Crippen molar-refractivity contribution in [3.05, 3.63) is 34.9 Å². The van der Waals surface area contributed by atoms with Crippen molar-refractivity contribution < 1.29 is 4.79 Å². The summed E-state index contributed by atoms with van der Waals surface area (Å²) in [4.78, 5) is 10.2. The Morgan fingerprint density at radius 1 is 1.00 bits per heavy atom. The van der Waals surface area contributed by atoms with Crippen LogP contribution in [0.3, 0.4) is 0 Å². The summed E-state index contributed by atoms with van der Waals surface area (Å²) < 4.78 is 0. The molecule has 1 aromatic carbocycles. The maximum Gasteiger partial charge on any atom is 0.285 e. The number of rotatable bonds is 0. The summed E-state index contributed by atoms with van der Waals surface area (Å²) in [6.07, 6.45) is 4.01. The first-order valence-corrected chi connectivity index (χ1v) is 6.40. The van der Waals surface area contributed by atoms with Crippen LogP contribution in [0.5, 0.6) is 0 Å². The largest absolute Gasteiger partial charge is 0.285 e. The van der Waals surface area contributed by atoms with Crippen molar-refractivity contribution in [3.63, 3.8) is 0 Å². The van der Waals surface area contributed by atoms with E-state index < -0.39 is 0 Å². The van der Waals surface area contributed by atoms with Crippen molar-refractivity contribution in [2.45, 2.75) is 51.4 Å². The molecule has 0 spiro atoms. The van der Waals surface area contributed by atoms with Crippen LogP contribution >= 0.6 is 0 Å². The average molecular weight is 239 g/mol. The van der Waals surface area contributed by atoms with E-state index in [1.54, 1.807) is 6.29 Å². The van der Waals surface area contributed by atoms with Gasteiger partial charge in [0.1, 0.15) is 0 Å². The third kappa shape index (κ3) is 2.20. The molecule has 1 aliphatic carbocycles. The minimum Gasteiger partial charge on any atom is -0.275 e. The summed E-state index contributed by atoms with van der Waals surface area (Å²) in [5.41, 5.74) is 4.11. The highest BCUT2D eigenvalue weighted by Gasteiger charge is 2.36. The quantitative estimate of drug-likeness (QED) is 0.633. The molecule has 1 radical (unpaired) electrons. The van der Waals surface area contributed by atoms with E-state index in [-0.39, 0.29) is 10.8 Å². The van der Waals surface area contributed by atoms with Crippen LogP contribution in [-0.4, -0.2) is 6.29 Å². The Bertz CT molecular complexity index is 538. The van der Waals surface area contributed by atoms with Crippen LogP contribution in [-0.2, 0) is 15.6 Å². The van der Waals surface area contributed by atoms with Crippen LogP contribution in [0.2, 0.25) is 0 Å². The third-order valence-electron chi connectivity index (χ3n) is 4.11. The maximum atomic E-state index is 10.2. The second-order valence-electron chi connectivity index (χ2n) is 6.38. The van der Waals surface area contributed by atoms with Crippen LogP contribution in [0.15, 0.2) is 18.2 Å². The zero-order chi connectivity index (χ0) is 13.4. The van der Waals surface area contributed by atoms with Gasteiger partial charge in [0.25, 0.3) is 6.29 Å². The Kier molecular flexibility index (Phi) is 3.07. The van der Waals surface area contributed by atoms with E-state index in [9.17, 15) is 4.79 Å². The molecule has 0 heterocycles. The lowest BCUT2D eigenvalue weighted by Gasteiger charge is -2.41. The molecule has 18 heavy (non-hydrogen) atoms. The lowest BCUT2D eigenvalue weighted by atomic mass is 9.63. The van der Waals surface area contributed by atoms with E-state index in [0.29, 0.717) is 0 Å². The van der Waals surface area contributed by atoms with Gasteiger partial charge in [0, 0.05) is 5.56 Å². The standard InChI is InChI=1S/C17H19O/c1-16(2)9-10-17(3,4)15-12-13(6-5-11-18)7-8-14(15)16/h7-8,12H,9-10H2,1-4H3. The topological polar surface area (TPSA) is 17.1 Å². The van der Waals surface area contributed by atoms with E-state index in [2.05, 4.69) is 51.7 Å². The molecule has 2 rings (SSSR count). The highest BCUT2D eigenvalue weighted by atomic mass is 16.1. The lowest BCUT2D eigenvalue weighted by molar-refractivity contribution is 0.332. The number of hydrogen-bond donors (Lipinski definition) is 0. The monoisotopic (exact) mass is 239 g/mol. The molecule has 0 bridgehead atoms. The van der Waals surface area contributed by atoms with E-state index in [1.165, 1.54) is 24.0 Å². The van der Waals surface area contributed by atoms with Gasteiger partial charge in [0.2, 0.25) is 0 Å². The van der Waals surface area contributed by atoms with E-state index in [1.807, 2.05) is 6.07 Å². The summed E-state index contributed by atoms with van der Waals surface area (Å²) in [6, 6.07) is 6.32. The summed E-state index contributed by atoms with van der Waals surface area (Å²) >= 11 is 0. The molecular weight excluding hydrogens is 220 g/mol. The Morgan fingerprint density at radius 2 is 1.61 bits per heavy atom. The number of carbonyl (C=O) groups excluding carboxylic acids is 1. The highest BCUT2D eigenvalue weighted by molar-refractivity contribution is 5.74. The van der Waals surface area contributed by atoms with Crippen LogP contribution in [0, 0.1) is 11.8 Å². The van der Waals surface area contributed by atoms with Crippen LogP contribution < -0.4 is 0 Å². The van der Waals surface area contributed by atoms with Crippen molar-refractivity contribution >= 4 is 6.29 Å². The van der Waals surface area contributed by atoms with Crippen molar-refractivity contribution in [1.82, 2.24) is 0 Å². The second kappa shape index (κ2) is 4.28. The van der Waals surface area contributed by atoms with Crippen LogP contribution in [0.25, 0.3) is 0 Å². The Hall–Kier alpha value is -1.55. The van der Waals surface area contributed by atoms with Crippen molar-refractivity contribution in [2.24, 2.45) is 0 Å². The molecular formula is C17H19O. The van der Waals surface area contributed by atoms with Crippen molar-refractivity contribution in [1.29, 1.82) is 0 Å². The maximum absolute atomic E-state index is 10.2. The van der Waals surface area contributed by atoms with Gasteiger partial charge in [-0.05, 0) is 52.9 Å².